The highest BCUT2D eigenvalue weighted by molar-refractivity contribution is 5.82. The van der Waals surface area contributed by atoms with Crippen LogP contribution in [0.5, 0.6) is 0 Å². The summed E-state index contributed by atoms with van der Waals surface area (Å²) in [5, 5.41) is 18.2. The first kappa shape index (κ1) is 16.0. The van der Waals surface area contributed by atoms with Gasteiger partial charge in [-0.05, 0) is 18.4 Å². The van der Waals surface area contributed by atoms with Crippen molar-refractivity contribution in [3.8, 4) is 0 Å². The quantitative estimate of drug-likeness (QED) is 0.688. The van der Waals surface area contributed by atoms with E-state index in [0.717, 1.165) is 5.69 Å². The standard InChI is InChI=1S/C13H22N4O3/c1-9(2)8-11(12(18)19)16-13(20)14-6-4-10-5-7-15-17(10)3/h5,7,9,11H,4,6,8H2,1-3H3,(H,18,19)(H2,14,16,20)/t11-/m1/s1. The highest BCUT2D eigenvalue weighted by Gasteiger charge is 2.20. The van der Waals surface area contributed by atoms with E-state index in [1.807, 2.05) is 27.0 Å². The molecular weight excluding hydrogens is 260 g/mol. The van der Waals surface area contributed by atoms with Crippen LogP contribution in [0.2, 0.25) is 0 Å². The number of rotatable bonds is 7. The molecule has 0 bridgehead atoms. The molecular formula is C13H22N4O3. The minimum Gasteiger partial charge on any atom is -0.480 e. The second-order valence-electron chi connectivity index (χ2n) is 5.12. The SMILES string of the molecule is CC(C)C[C@@H](NC(=O)NCCc1ccnn1C)C(=O)O. The topological polar surface area (TPSA) is 96.3 Å². The van der Waals surface area contributed by atoms with Gasteiger partial charge in [0.25, 0.3) is 0 Å². The maximum atomic E-state index is 11.6. The molecule has 1 aromatic heterocycles. The Kier molecular flexibility index (Phi) is 6.02. The van der Waals surface area contributed by atoms with Gasteiger partial charge in [-0.25, -0.2) is 9.59 Å². The number of nitrogens with zero attached hydrogens (tertiary/aromatic N) is 2. The van der Waals surface area contributed by atoms with Gasteiger partial charge in [-0.2, -0.15) is 5.10 Å². The van der Waals surface area contributed by atoms with Crippen LogP contribution in [0, 0.1) is 5.92 Å². The maximum absolute atomic E-state index is 11.6. The highest BCUT2D eigenvalue weighted by Crippen LogP contribution is 2.04. The van der Waals surface area contributed by atoms with Gasteiger partial charge in [0, 0.05) is 31.9 Å². The van der Waals surface area contributed by atoms with E-state index in [0.29, 0.717) is 19.4 Å². The van der Waals surface area contributed by atoms with Crippen molar-refractivity contribution in [2.75, 3.05) is 6.54 Å². The second kappa shape index (κ2) is 7.52. The molecule has 0 aliphatic heterocycles. The number of aryl methyl sites for hydroxylation is 1. The number of amides is 2. The molecule has 7 nitrogen and oxygen atoms in total. The molecule has 3 N–H and O–H groups in total. The van der Waals surface area contributed by atoms with E-state index in [4.69, 9.17) is 5.11 Å². The van der Waals surface area contributed by atoms with Crippen LogP contribution < -0.4 is 10.6 Å². The van der Waals surface area contributed by atoms with Gasteiger partial charge in [0.2, 0.25) is 0 Å². The number of aromatic nitrogens is 2. The summed E-state index contributed by atoms with van der Waals surface area (Å²) in [4.78, 5) is 22.7. The number of carbonyl (C=O) groups is 2. The van der Waals surface area contributed by atoms with Crippen molar-refractivity contribution >= 4 is 12.0 Å². The highest BCUT2D eigenvalue weighted by atomic mass is 16.4. The lowest BCUT2D eigenvalue weighted by atomic mass is 10.0. The van der Waals surface area contributed by atoms with Crippen molar-refractivity contribution in [3.05, 3.63) is 18.0 Å². The van der Waals surface area contributed by atoms with E-state index in [9.17, 15) is 9.59 Å². The predicted octanol–water partition coefficient (Wildman–Crippen LogP) is 0.761. The Balaban J connectivity index is 2.35. The molecule has 2 amide bonds. The van der Waals surface area contributed by atoms with Crippen LogP contribution in [0.3, 0.4) is 0 Å². The second-order valence-corrected chi connectivity index (χ2v) is 5.12. The lowest BCUT2D eigenvalue weighted by Crippen LogP contribution is -2.47. The van der Waals surface area contributed by atoms with Crippen LogP contribution in [0.15, 0.2) is 12.3 Å². The van der Waals surface area contributed by atoms with E-state index >= 15 is 0 Å². The van der Waals surface area contributed by atoms with Crippen molar-refractivity contribution < 1.29 is 14.7 Å². The minimum atomic E-state index is -1.01. The van der Waals surface area contributed by atoms with Gasteiger partial charge in [0.05, 0.1) is 0 Å². The van der Waals surface area contributed by atoms with Gasteiger partial charge in [-0.3, -0.25) is 4.68 Å². The van der Waals surface area contributed by atoms with E-state index in [1.165, 1.54) is 0 Å². The Hall–Kier alpha value is -2.05. The molecule has 1 aromatic rings. The monoisotopic (exact) mass is 282 g/mol. The largest absolute Gasteiger partial charge is 0.480 e. The number of hydrogen-bond acceptors (Lipinski definition) is 3. The van der Waals surface area contributed by atoms with Gasteiger partial charge in [0.1, 0.15) is 6.04 Å². The summed E-state index contributed by atoms with van der Waals surface area (Å²) >= 11 is 0. The number of aliphatic carboxylic acids is 1. The van der Waals surface area contributed by atoms with Crippen LogP contribution >= 0.6 is 0 Å². The molecule has 112 valence electrons. The van der Waals surface area contributed by atoms with Crippen LogP contribution in [0.25, 0.3) is 0 Å². The molecule has 0 unspecified atom stereocenters. The molecule has 20 heavy (non-hydrogen) atoms. The van der Waals surface area contributed by atoms with Gasteiger partial charge < -0.3 is 15.7 Å². The van der Waals surface area contributed by atoms with Crippen molar-refractivity contribution in [1.82, 2.24) is 20.4 Å². The Morgan fingerprint density at radius 3 is 2.65 bits per heavy atom. The third-order valence-electron chi connectivity index (χ3n) is 2.90. The van der Waals surface area contributed by atoms with E-state index in [-0.39, 0.29) is 5.92 Å². The van der Waals surface area contributed by atoms with Crippen molar-refractivity contribution in [2.24, 2.45) is 13.0 Å². The molecule has 0 aromatic carbocycles. The van der Waals surface area contributed by atoms with Crippen molar-refractivity contribution in [1.29, 1.82) is 0 Å². The zero-order chi connectivity index (χ0) is 15.1. The fraction of sp³-hybridized carbons (Fsp3) is 0.615. The molecule has 1 atom stereocenters. The average Bonchev–Trinajstić information content (AvgIpc) is 2.73. The zero-order valence-electron chi connectivity index (χ0n) is 12.1. The first-order chi connectivity index (χ1) is 9.40. The number of carboxylic acid groups (broad SMARTS) is 1. The third kappa shape index (κ3) is 5.29. The Bertz CT molecular complexity index is 456. The number of carbonyl (C=O) groups excluding carboxylic acids is 1. The summed E-state index contributed by atoms with van der Waals surface area (Å²) < 4.78 is 1.73. The number of urea groups is 1. The molecule has 0 spiro atoms. The number of nitrogens with one attached hydrogen (secondary N) is 2. The molecule has 0 radical (unpaired) electrons. The smallest absolute Gasteiger partial charge is 0.326 e. The van der Waals surface area contributed by atoms with Crippen LogP contribution in [-0.2, 0) is 18.3 Å². The number of hydrogen-bond donors (Lipinski definition) is 3. The molecule has 0 saturated carbocycles. The summed E-state index contributed by atoms with van der Waals surface area (Å²) in [6.45, 7) is 4.26. The normalized spacial score (nSPS) is 12.2. The summed E-state index contributed by atoms with van der Waals surface area (Å²) in [7, 11) is 1.83. The Morgan fingerprint density at radius 1 is 1.45 bits per heavy atom. The minimum absolute atomic E-state index is 0.200. The third-order valence-corrected chi connectivity index (χ3v) is 2.90. The van der Waals surface area contributed by atoms with E-state index < -0.39 is 18.0 Å². The van der Waals surface area contributed by atoms with E-state index in [2.05, 4.69) is 15.7 Å². The molecule has 1 heterocycles. The van der Waals surface area contributed by atoms with Crippen molar-refractivity contribution in [3.63, 3.8) is 0 Å². The summed E-state index contributed by atoms with van der Waals surface area (Å²) in [5.74, 6) is -0.814. The lowest BCUT2D eigenvalue weighted by molar-refractivity contribution is -0.139. The average molecular weight is 282 g/mol. The first-order valence-corrected chi connectivity index (χ1v) is 6.64. The van der Waals surface area contributed by atoms with Crippen LogP contribution in [-0.4, -0.2) is 39.5 Å². The van der Waals surface area contributed by atoms with Gasteiger partial charge in [-0.15, -0.1) is 0 Å². The van der Waals surface area contributed by atoms with Crippen LogP contribution in [0.4, 0.5) is 4.79 Å². The summed E-state index contributed by atoms with van der Waals surface area (Å²) in [6.07, 6.45) is 2.74. The Morgan fingerprint density at radius 2 is 2.15 bits per heavy atom. The molecule has 1 rings (SSSR count). The Labute approximate surface area is 118 Å². The summed E-state index contributed by atoms with van der Waals surface area (Å²) in [6, 6.07) is 0.560. The number of carboxylic acids is 1. The fourth-order valence-corrected chi connectivity index (χ4v) is 1.85. The maximum Gasteiger partial charge on any atom is 0.326 e. The first-order valence-electron chi connectivity index (χ1n) is 6.64. The molecule has 0 aliphatic rings. The lowest BCUT2D eigenvalue weighted by Gasteiger charge is -2.16. The van der Waals surface area contributed by atoms with Gasteiger partial charge >= 0.3 is 12.0 Å². The molecule has 0 fully saturated rings. The fourth-order valence-electron chi connectivity index (χ4n) is 1.85. The van der Waals surface area contributed by atoms with Crippen molar-refractivity contribution in [2.45, 2.75) is 32.7 Å². The van der Waals surface area contributed by atoms with Crippen LogP contribution in [0.1, 0.15) is 26.0 Å². The molecule has 0 aliphatic carbocycles. The zero-order valence-corrected chi connectivity index (χ0v) is 12.1. The molecule has 0 saturated heterocycles. The predicted molar refractivity (Wildman–Crippen MR) is 74.3 cm³/mol. The van der Waals surface area contributed by atoms with Gasteiger partial charge in [-0.1, -0.05) is 13.8 Å². The van der Waals surface area contributed by atoms with E-state index in [1.54, 1.807) is 10.9 Å². The van der Waals surface area contributed by atoms with Gasteiger partial charge in [0.15, 0.2) is 0 Å². The molecule has 7 heteroatoms. The summed E-state index contributed by atoms with van der Waals surface area (Å²) in [5.41, 5.74) is 1.00.